The molecule has 5 heteroatoms. The summed E-state index contributed by atoms with van der Waals surface area (Å²) < 4.78 is 8.70. The summed E-state index contributed by atoms with van der Waals surface area (Å²) in [5.41, 5.74) is 1.11. The highest BCUT2D eigenvalue weighted by Gasteiger charge is 2.07. The Morgan fingerprint density at radius 3 is 2.84 bits per heavy atom. The van der Waals surface area contributed by atoms with Crippen LogP contribution in [0.15, 0.2) is 23.2 Å². The van der Waals surface area contributed by atoms with E-state index < -0.39 is 0 Å². The molecule has 102 valence electrons. The number of aromatic nitrogens is 1. The molecular formula is C14H18N2O2S. The van der Waals surface area contributed by atoms with Gasteiger partial charge in [0.1, 0.15) is 5.75 Å². The van der Waals surface area contributed by atoms with Crippen LogP contribution >= 0.6 is 11.3 Å². The molecule has 0 radical (unpaired) electrons. The Labute approximate surface area is 116 Å². The van der Waals surface area contributed by atoms with E-state index in [9.17, 15) is 4.79 Å². The molecule has 19 heavy (non-hydrogen) atoms. The third-order valence-electron chi connectivity index (χ3n) is 2.67. The Kier molecular flexibility index (Phi) is 4.37. The lowest BCUT2D eigenvalue weighted by molar-refractivity contribution is -0.116. The van der Waals surface area contributed by atoms with Crippen LogP contribution in [-0.2, 0) is 11.3 Å². The number of carbonyl (C=O) groups excluding carboxylic acids is 1. The van der Waals surface area contributed by atoms with E-state index in [4.69, 9.17) is 4.74 Å². The summed E-state index contributed by atoms with van der Waals surface area (Å²) in [5.74, 6) is 0.690. The number of aryl methyl sites for hydroxylation is 1. The quantitative estimate of drug-likeness (QED) is 0.863. The molecule has 0 atom stereocenters. The van der Waals surface area contributed by atoms with Crippen LogP contribution in [0.2, 0.25) is 0 Å². The Morgan fingerprint density at radius 1 is 1.42 bits per heavy atom. The molecule has 1 aromatic heterocycles. The van der Waals surface area contributed by atoms with Gasteiger partial charge in [-0.1, -0.05) is 18.3 Å². The van der Waals surface area contributed by atoms with Gasteiger partial charge in [0.25, 0.3) is 0 Å². The molecule has 0 bridgehead atoms. The number of ether oxygens (including phenoxy) is 1. The summed E-state index contributed by atoms with van der Waals surface area (Å²) in [6.45, 7) is 7.07. The SMILES string of the molecule is CCCn1c(=NC(C)=O)sc2cc(OCC)ccc21. The number of rotatable bonds is 4. The van der Waals surface area contributed by atoms with E-state index in [0.29, 0.717) is 6.61 Å². The number of hydrogen-bond acceptors (Lipinski definition) is 3. The molecule has 0 saturated carbocycles. The van der Waals surface area contributed by atoms with Gasteiger partial charge in [-0.2, -0.15) is 4.99 Å². The van der Waals surface area contributed by atoms with Crippen molar-refractivity contribution < 1.29 is 9.53 Å². The average molecular weight is 278 g/mol. The summed E-state index contributed by atoms with van der Waals surface area (Å²) >= 11 is 1.53. The van der Waals surface area contributed by atoms with Crippen LogP contribution in [0.1, 0.15) is 27.2 Å². The molecule has 2 aromatic rings. The highest BCUT2D eigenvalue weighted by molar-refractivity contribution is 7.16. The Bertz CT molecular complexity index is 655. The first-order chi connectivity index (χ1) is 9.15. The van der Waals surface area contributed by atoms with E-state index in [2.05, 4.69) is 16.5 Å². The van der Waals surface area contributed by atoms with Gasteiger partial charge < -0.3 is 9.30 Å². The van der Waals surface area contributed by atoms with Gasteiger partial charge in [0.05, 0.1) is 16.8 Å². The fraction of sp³-hybridized carbons (Fsp3) is 0.429. The van der Waals surface area contributed by atoms with Gasteiger partial charge in [0, 0.05) is 13.5 Å². The third kappa shape index (κ3) is 3.04. The molecule has 1 heterocycles. The number of benzene rings is 1. The first kappa shape index (κ1) is 13.8. The minimum Gasteiger partial charge on any atom is -0.494 e. The number of nitrogens with zero attached hydrogens (tertiary/aromatic N) is 2. The molecule has 1 aromatic carbocycles. The summed E-state index contributed by atoms with van der Waals surface area (Å²) in [7, 11) is 0. The van der Waals surface area contributed by atoms with Crippen LogP contribution < -0.4 is 9.54 Å². The van der Waals surface area contributed by atoms with Gasteiger partial charge >= 0.3 is 0 Å². The molecule has 0 saturated heterocycles. The molecule has 0 spiro atoms. The standard InChI is InChI=1S/C14H18N2O2S/c1-4-8-16-12-7-6-11(18-5-2)9-13(12)19-14(16)15-10(3)17/h6-7,9H,4-5,8H2,1-3H3. The largest absolute Gasteiger partial charge is 0.494 e. The van der Waals surface area contributed by atoms with Gasteiger partial charge in [-0.25, -0.2) is 0 Å². The van der Waals surface area contributed by atoms with E-state index >= 15 is 0 Å². The van der Waals surface area contributed by atoms with Crippen LogP contribution in [0.5, 0.6) is 5.75 Å². The maximum absolute atomic E-state index is 11.2. The molecule has 0 aliphatic rings. The molecule has 0 N–H and O–H groups in total. The van der Waals surface area contributed by atoms with Crippen molar-refractivity contribution >= 4 is 27.5 Å². The van der Waals surface area contributed by atoms with Crippen molar-refractivity contribution in [1.29, 1.82) is 0 Å². The molecule has 0 aliphatic heterocycles. The van der Waals surface area contributed by atoms with Gasteiger partial charge in [-0.05, 0) is 31.5 Å². The summed E-state index contributed by atoms with van der Waals surface area (Å²) in [6.07, 6.45) is 1.00. The van der Waals surface area contributed by atoms with E-state index in [-0.39, 0.29) is 5.91 Å². The lowest BCUT2D eigenvalue weighted by Crippen LogP contribution is -2.15. The number of thiazole rings is 1. The van der Waals surface area contributed by atoms with E-state index in [1.54, 1.807) is 0 Å². The predicted octanol–water partition coefficient (Wildman–Crippen LogP) is 2.96. The Hall–Kier alpha value is -1.62. The summed E-state index contributed by atoms with van der Waals surface area (Å²) in [6, 6.07) is 6.00. The zero-order chi connectivity index (χ0) is 13.8. The van der Waals surface area contributed by atoms with Gasteiger partial charge in [-0.15, -0.1) is 0 Å². The van der Waals surface area contributed by atoms with Crippen LogP contribution in [0.3, 0.4) is 0 Å². The van der Waals surface area contributed by atoms with Crippen molar-refractivity contribution in [1.82, 2.24) is 4.57 Å². The Balaban J connectivity index is 2.62. The van der Waals surface area contributed by atoms with Crippen LogP contribution in [-0.4, -0.2) is 17.1 Å². The molecular weight excluding hydrogens is 260 g/mol. The molecule has 0 unspecified atom stereocenters. The molecule has 1 amide bonds. The predicted molar refractivity (Wildman–Crippen MR) is 77.5 cm³/mol. The van der Waals surface area contributed by atoms with Crippen molar-refractivity contribution in [2.75, 3.05) is 6.61 Å². The number of hydrogen-bond donors (Lipinski definition) is 0. The van der Waals surface area contributed by atoms with Crippen molar-refractivity contribution in [3.63, 3.8) is 0 Å². The number of amides is 1. The normalized spacial score (nSPS) is 12.1. The zero-order valence-corrected chi connectivity index (χ0v) is 12.3. The lowest BCUT2D eigenvalue weighted by Gasteiger charge is -2.04. The fourth-order valence-corrected chi connectivity index (χ4v) is 3.10. The fourth-order valence-electron chi connectivity index (χ4n) is 1.97. The van der Waals surface area contributed by atoms with Crippen molar-refractivity contribution in [3.8, 4) is 5.75 Å². The van der Waals surface area contributed by atoms with Crippen LogP contribution in [0.4, 0.5) is 0 Å². The first-order valence-electron chi connectivity index (χ1n) is 6.47. The highest BCUT2D eigenvalue weighted by Crippen LogP contribution is 2.23. The van der Waals surface area contributed by atoms with Crippen molar-refractivity contribution in [2.45, 2.75) is 33.7 Å². The number of carbonyl (C=O) groups is 1. The highest BCUT2D eigenvalue weighted by atomic mass is 32.1. The maximum atomic E-state index is 11.2. The van der Waals surface area contributed by atoms with Crippen LogP contribution in [0, 0.1) is 0 Å². The smallest absolute Gasteiger partial charge is 0.245 e. The maximum Gasteiger partial charge on any atom is 0.245 e. The van der Waals surface area contributed by atoms with Gasteiger partial charge in [0.2, 0.25) is 5.91 Å². The number of fused-ring (bicyclic) bond motifs is 1. The van der Waals surface area contributed by atoms with E-state index in [1.165, 1.54) is 18.3 Å². The second-order valence-electron chi connectivity index (χ2n) is 4.23. The molecule has 4 nitrogen and oxygen atoms in total. The minimum absolute atomic E-state index is 0.165. The lowest BCUT2D eigenvalue weighted by atomic mass is 10.3. The topological polar surface area (TPSA) is 43.6 Å². The van der Waals surface area contributed by atoms with Gasteiger partial charge in [-0.3, -0.25) is 4.79 Å². The third-order valence-corrected chi connectivity index (χ3v) is 3.71. The average Bonchev–Trinajstić information content (AvgIpc) is 2.67. The molecule has 2 rings (SSSR count). The summed E-state index contributed by atoms with van der Waals surface area (Å²) in [5, 5.41) is 0. The monoisotopic (exact) mass is 278 g/mol. The van der Waals surface area contributed by atoms with E-state index in [1.807, 2.05) is 25.1 Å². The second-order valence-corrected chi connectivity index (χ2v) is 5.24. The summed E-state index contributed by atoms with van der Waals surface area (Å²) in [4.78, 5) is 16.1. The molecule has 0 aliphatic carbocycles. The first-order valence-corrected chi connectivity index (χ1v) is 7.28. The zero-order valence-electron chi connectivity index (χ0n) is 11.5. The van der Waals surface area contributed by atoms with Crippen molar-refractivity contribution in [3.05, 3.63) is 23.0 Å². The molecule has 0 fully saturated rings. The van der Waals surface area contributed by atoms with Crippen LogP contribution in [0.25, 0.3) is 10.2 Å². The minimum atomic E-state index is -0.165. The van der Waals surface area contributed by atoms with E-state index in [0.717, 1.165) is 33.7 Å². The van der Waals surface area contributed by atoms with Crippen molar-refractivity contribution in [2.24, 2.45) is 4.99 Å². The Morgan fingerprint density at radius 2 is 2.21 bits per heavy atom. The second kappa shape index (κ2) is 6.02. The van der Waals surface area contributed by atoms with Gasteiger partial charge in [0.15, 0.2) is 4.80 Å².